The summed E-state index contributed by atoms with van der Waals surface area (Å²) >= 11 is 10.8. The van der Waals surface area contributed by atoms with Crippen molar-refractivity contribution in [1.82, 2.24) is 0 Å². The minimum atomic E-state index is -1.20. The number of alkyl halides is 1. The third kappa shape index (κ3) is 2.58. The lowest BCUT2D eigenvalue weighted by Gasteiger charge is -2.15. The number of rotatable bonds is 3. The Morgan fingerprint density at radius 2 is 2.00 bits per heavy atom. The Morgan fingerprint density at radius 1 is 1.36 bits per heavy atom. The second-order valence-electron chi connectivity index (χ2n) is 2.84. The van der Waals surface area contributed by atoms with Gasteiger partial charge in [-0.05, 0) is 17.7 Å². The van der Waals surface area contributed by atoms with Gasteiger partial charge in [0, 0.05) is 0 Å². The van der Waals surface area contributed by atoms with Crippen LogP contribution < -0.4 is 0 Å². The highest BCUT2D eigenvalue weighted by Gasteiger charge is 2.18. The van der Waals surface area contributed by atoms with Gasteiger partial charge in [-0.1, -0.05) is 17.7 Å². The molecule has 0 fully saturated rings. The molecule has 0 saturated carbocycles. The highest BCUT2D eigenvalue weighted by atomic mass is 35.5. The number of hydrogen-bond donors (Lipinski definition) is 2. The van der Waals surface area contributed by atoms with Crippen LogP contribution in [0.4, 0.5) is 4.39 Å². The van der Waals surface area contributed by atoms with Crippen molar-refractivity contribution < 1.29 is 14.6 Å². The predicted octanol–water partition coefficient (Wildman–Crippen LogP) is 2.11. The minimum Gasteiger partial charge on any atom is -0.389 e. The van der Waals surface area contributed by atoms with E-state index in [-0.39, 0.29) is 16.5 Å². The molecule has 14 heavy (non-hydrogen) atoms. The van der Waals surface area contributed by atoms with Crippen molar-refractivity contribution >= 4 is 23.2 Å². The van der Waals surface area contributed by atoms with Gasteiger partial charge in [0.05, 0.1) is 17.0 Å². The van der Waals surface area contributed by atoms with Crippen molar-refractivity contribution in [3.05, 3.63) is 34.6 Å². The van der Waals surface area contributed by atoms with Crippen LogP contribution in [0.3, 0.4) is 0 Å². The Labute approximate surface area is 90.9 Å². The van der Waals surface area contributed by atoms with Crippen LogP contribution in [-0.4, -0.2) is 22.2 Å². The summed E-state index contributed by atoms with van der Waals surface area (Å²) < 4.78 is 12.9. The van der Waals surface area contributed by atoms with Gasteiger partial charge in [0.15, 0.2) is 0 Å². The maximum Gasteiger partial charge on any atom is 0.142 e. The normalized spacial score (nSPS) is 15.2. The monoisotopic (exact) mass is 238 g/mol. The summed E-state index contributed by atoms with van der Waals surface area (Å²) in [6.45, 7) is 0. The summed E-state index contributed by atoms with van der Waals surface area (Å²) in [6, 6.07) is 3.82. The third-order valence-electron chi connectivity index (χ3n) is 1.81. The first kappa shape index (κ1) is 11.7. The molecule has 2 unspecified atom stereocenters. The summed E-state index contributed by atoms with van der Waals surface area (Å²) in [5.74, 6) is -0.754. The molecule has 0 heterocycles. The summed E-state index contributed by atoms with van der Waals surface area (Å²) in [5, 5.41) is 18.6. The van der Waals surface area contributed by atoms with Gasteiger partial charge >= 0.3 is 0 Å². The molecule has 0 bridgehead atoms. The van der Waals surface area contributed by atoms with Gasteiger partial charge in [-0.15, -0.1) is 11.6 Å². The molecule has 0 spiro atoms. The van der Waals surface area contributed by atoms with Crippen LogP contribution in [0.1, 0.15) is 11.7 Å². The smallest absolute Gasteiger partial charge is 0.142 e. The zero-order valence-corrected chi connectivity index (χ0v) is 8.63. The van der Waals surface area contributed by atoms with Crippen molar-refractivity contribution in [3.63, 3.8) is 0 Å². The van der Waals surface area contributed by atoms with Gasteiger partial charge in [0.2, 0.25) is 0 Å². The summed E-state index contributed by atoms with van der Waals surface area (Å²) in [5.41, 5.74) is 0.250. The van der Waals surface area contributed by atoms with E-state index in [9.17, 15) is 14.6 Å². The Bertz CT molecular complexity index is 320. The molecule has 2 N–H and O–H groups in total. The molecule has 1 rings (SSSR count). The minimum absolute atomic E-state index is 0.0266. The molecular formula is C9H9Cl2FO2. The van der Waals surface area contributed by atoms with Crippen molar-refractivity contribution in [1.29, 1.82) is 0 Å². The van der Waals surface area contributed by atoms with Crippen LogP contribution >= 0.6 is 23.2 Å². The van der Waals surface area contributed by atoms with E-state index in [1.54, 1.807) is 0 Å². The maximum absolute atomic E-state index is 12.9. The first-order valence-electron chi connectivity index (χ1n) is 3.93. The molecule has 0 aromatic heterocycles. The molecule has 0 amide bonds. The van der Waals surface area contributed by atoms with Crippen molar-refractivity contribution in [2.75, 3.05) is 5.88 Å². The molecule has 2 nitrogen and oxygen atoms in total. The van der Waals surface area contributed by atoms with Crippen LogP contribution in [0.5, 0.6) is 0 Å². The lowest BCUT2D eigenvalue weighted by molar-refractivity contribution is 0.0325. The van der Waals surface area contributed by atoms with Gasteiger partial charge in [-0.2, -0.15) is 0 Å². The Morgan fingerprint density at radius 3 is 2.50 bits per heavy atom. The van der Waals surface area contributed by atoms with Crippen LogP contribution in [-0.2, 0) is 0 Å². The van der Waals surface area contributed by atoms with E-state index in [2.05, 4.69) is 0 Å². The largest absolute Gasteiger partial charge is 0.389 e. The van der Waals surface area contributed by atoms with Crippen molar-refractivity contribution in [2.45, 2.75) is 12.2 Å². The van der Waals surface area contributed by atoms with E-state index in [0.717, 1.165) is 6.07 Å². The number of aliphatic hydroxyl groups excluding tert-OH is 2. The molecule has 0 aliphatic rings. The summed E-state index contributed by atoms with van der Waals surface area (Å²) in [7, 11) is 0. The second kappa shape index (κ2) is 4.94. The van der Waals surface area contributed by atoms with Gasteiger partial charge in [0.1, 0.15) is 11.9 Å². The summed E-state index contributed by atoms with van der Waals surface area (Å²) in [4.78, 5) is 0. The Kier molecular flexibility index (Phi) is 4.13. The number of benzene rings is 1. The van der Waals surface area contributed by atoms with E-state index in [4.69, 9.17) is 23.2 Å². The van der Waals surface area contributed by atoms with E-state index < -0.39 is 18.0 Å². The molecule has 0 aliphatic heterocycles. The highest BCUT2D eigenvalue weighted by Crippen LogP contribution is 2.22. The Hall–Kier alpha value is -0.350. The third-order valence-corrected chi connectivity index (χ3v) is 2.43. The fourth-order valence-electron chi connectivity index (χ4n) is 1.00. The van der Waals surface area contributed by atoms with Gasteiger partial charge in [-0.25, -0.2) is 4.39 Å². The first-order valence-corrected chi connectivity index (χ1v) is 4.84. The van der Waals surface area contributed by atoms with E-state index in [1.807, 2.05) is 0 Å². The first-order chi connectivity index (χ1) is 6.56. The number of hydrogen-bond acceptors (Lipinski definition) is 2. The van der Waals surface area contributed by atoms with Gasteiger partial charge < -0.3 is 10.2 Å². The lowest BCUT2D eigenvalue weighted by atomic mass is 10.1. The molecule has 1 aromatic carbocycles. The van der Waals surface area contributed by atoms with E-state index >= 15 is 0 Å². The fraction of sp³-hybridized carbons (Fsp3) is 0.333. The summed E-state index contributed by atoms with van der Waals surface area (Å²) in [6.07, 6.45) is -2.31. The molecule has 5 heteroatoms. The van der Waals surface area contributed by atoms with Crippen LogP contribution in [0.25, 0.3) is 0 Å². The average Bonchev–Trinajstić information content (AvgIpc) is 2.20. The highest BCUT2D eigenvalue weighted by molar-refractivity contribution is 6.30. The zero-order chi connectivity index (χ0) is 10.7. The standard InChI is InChI=1S/C9H9Cl2FO2/c10-4-8(13)9(14)5-1-2-6(11)7(12)3-5/h1-3,8-9,13-14H,4H2. The Balaban J connectivity index is 2.91. The molecule has 78 valence electrons. The van der Waals surface area contributed by atoms with Crippen LogP contribution in [0.15, 0.2) is 18.2 Å². The molecule has 2 atom stereocenters. The second-order valence-corrected chi connectivity index (χ2v) is 3.56. The number of halogens is 3. The van der Waals surface area contributed by atoms with Crippen molar-refractivity contribution in [3.8, 4) is 0 Å². The maximum atomic E-state index is 12.9. The van der Waals surface area contributed by atoms with E-state index in [0.29, 0.717) is 0 Å². The van der Waals surface area contributed by atoms with Gasteiger partial charge in [-0.3, -0.25) is 0 Å². The van der Waals surface area contributed by atoms with Crippen molar-refractivity contribution in [2.24, 2.45) is 0 Å². The number of aliphatic hydroxyl groups is 2. The van der Waals surface area contributed by atoms with Crippen LogP contribution in [0.2, 0.25) is 5.02 Å². The molecule has 0 saturated heterocycles. The quantitative estimate of drug-likeness (QED) is 0.793. The SMILES string of the molecule is OC(CCl)C(O)c1ccc(Cl)c(F)c1. The predicted molar refractivity (Wildman–Crippen MR) is 53.1 cm³/mol. The van der Waals surface area contributed by atoms with E-state index in [1.165, 1.54) is 12.1 Å². The fourth-order valence-corrected chi connectivity index (χ4v) is 1.29. The average molecular weight is 239 g/mol. The topological polar surface area (TPSA) is 40.5 Å². The molecule has 0 radical (unpaired) electrons. The lowest BCUT2D eigenvalue weighted by Crippen LogP contribution is -2.19. The van der Waals surface area contributed by atoms with Crippen LogP contribution in [0, 0.1) is 5.82 Å². The molecule has 0 aliphatic carbocycles. The zero-order valence-electron chi connectivity index (χ0n) is 7.12. The van der Waals surface area contributed by atoms with Gasteiger partial charge in [0.25, 0.3) is 0 Å². The molecular weight excluding hydrogens is 230 g/mol. The molecule has 1 aromatic rings.